The summed E-state index contributed by atoms with van der Waals surface area (Å²) in [6.45, 7) is 6.82. The van der Waals surface area contributed by atoms with Gasteiger partial charge >= 0.3 is 5.97 Å². The van der Waals surface area contributed by atoms with E-state index in [4.69, 9.17) is 14.0 Å². The Morgan fingerprint density at radius 2 is 1.49 bits per heavy atom. The summed E-state index contributed by atoms with van der Waals surface area (Å²) in [6.07, 6.45) is 0.460. The number of carboxylic acids is 1. The van der Waals surface area contributed by atoms with Gasteiger partial charge in [-0.05, 0) is 35.1 Å². The summed E-state index contributed by atoms with van der Waals surface area (Å²) in [5, 5.41) is 13.4. The molecule has 6 heteroatoms. The molecule has 4 rings (SSSR count). The third kappa shape index (κ3) is 5.54. The molecule has 0 amide bonds. The van der Waals surface area contributed by atoms with Gasteiger partial charge in [-0.25, -0.2) is 4.79 Å². The molecule has 4 aromatic rings. The highest BCUT2D eigenvalue weighted by Gasteiger charge is 2.25. The first-order chi connectivity index (χ1) is 17.0. The SMILES string of the molecule is CCc1c(C(=O)O)noc1-c1cc(C(C)C)c(OCc2ccccc2)cc1OCc1ccccc1. The largest absolute Gasteiger partial charge is 0.488 e. The summed E-state index contributed by atoms with van der Waals surface area (Å²) in [6, 6.07) is 23.7. The number of ether oxygens (including phenoxy) is 2. The number of carbonyl (C=O) groups is 1. The van der Waals surface area contributed by atoms with Crippen LogP contribution in [0.4, 0.5) is 0 Å². The minimum atomic E-state index is -1.12. The van der Waals surface area contributed by atoms with Crippen LogP contribution in [0.1, 0.15) is 59.4 Å². The maximum Gasteiger partial charge on any atom is 0.358 e. The van der Waals surface area contributed by atoms with E-state index >= 15 is 0 Å². The molecule has 0 aliphatic heterocycles. The lowest BCUT2D eigenvalue weighted by Crippen LogP contribution is -2.04. The van der Waals surface area contributed by atoms with Gasteiger partial charge in [0.1, 0.15) is 24.7 Å². The zero-order valence-corrected chi connectivity index (χ0v) is 20.2. The molecule has 3 aromatic carbocycles. The molecule has 1 N–H and O–H groups in total. The Balaban J connectivity index is 1.78. The van der Waals surface area contributed by atoms with E-state index in [2.05, 4.69) is 19.0 Å². The zero-order valence-electron chi connectivity index (χ0n) is 20.2. The van der Waals surface area contributed by atoms with E-state index in [-0.39, 0.29) is 11.6 Å². The molecule has 0 fully saturated rings. The summed E-state index contributed by atoms with van der Waals surface area (Å²) >= 11 is 0. The maximum absolute atomic E-state index is 11.7. The fourth-order valence-corrected chi connectivity index (χ4v) is 3.94. The Kier molecular flexibility index (Phi) is 7.51. The molecule has 6 nitrogen and oxygen atoms in total. The molecule has 180 valence electrons. The topological polar surface area (TPSA) is 81.8 Å². The van der Waals surface area contributed by atoms with Crippen LogP contribution in [0.3, 0.4) is 0 Å². The number of hydrogen-bond donors (Lipinski definition) is 1. The fourth-order valence-electron chi connectivity index (χ4n) is 3.94. The quantitative estimate of drug-likeness (QED) is 0.271. The van der Waals surface area contributed by atoms with E-state index in [0.29, 0.717) is 48.0 Å². The highest BCUT2D eigenvalue weighted by Crippen LogP contribution is 2.41. The van der Waals surface area contributed by atoms with Crippen LogP contribution < -0.4 is 9.47 Å². The van der Waals surface area contributed by atoms with Gasteiger partial charge in [-0.2, -0.15) is 0 Å². The van der Waals surface area contributed by atoms with Crippen molar-refractivity contribution in [1.82, 2.24) is 5.16 Å². The molecule has 1 heterocycles. The van der Waals surface area contributed by atoms with Crippen LogP contribution in [0.5, 0.6) is 11.5 Å². The molecule has 1 aromatic heterocycles. The predicted octanol–water partition coefficient (Wildman–Crippen LogP) is 6.88. The highest BCUT2D eigenvalue weighted by molar-refractivity contribution is 5.89. The fraction of sp³-hybridized carbons (Fsp3) is 0.241. The van der Waals surface area contributed by atoms with Gasteiger partial charge in [0.25, 0.3) is 0 Å². The van der Waals surface area contributed by atoms with Crippen molar-refractivity contribution in [3.63, 3.8) is 0 Å². The molecule has 0 aliphatic rings. The third-order valence-corrected chi connectivity index (χ3v) is 5.80. The number of aromatic nitrogens is 1. The van der Waals surface area contributed by atoms with Crippen LogP contribution >= 0.6 is 0 Å². The Bertz CT molecular complexity index is 1280. The number of nitrogens with zero attached hydrogens (tertiary/aromatic N) is 1. The van der Waals surface area contributed by atoms with Crippen LogP contribution in [-0.2, 0) is 19.6 Å². The van der Waals surface area contributed by atoms with Crippen molar-refractivity contribution in [2.75, 3.05) is 0 Å². The molecule has 0 saturated heterocycles. The molecular weight excluding hydrogens is 442 g/mol. The molecule has 35 heavy (non-hydrogen) atoms. The number of carboxylic acid groups (broad SMARTS) is 1. The number of benzene rings is 3. The number of aromatic carboxylic acids is 1. The van der Waals surface area contributed by atoms with Crippen molar-refractivity contribution in [2.24, 2.45) is 0 Å². The van der Waals surface area contributed by atoms with Gasteiger partial charge in [0, 0.05) is 11.6 Å². The first-order valence-electron chi connectivity index (χ1n) is 11.7. The second-order valence-corrected chi connectivity index (χ2v) is 8.59. The molecule has 0 saturated carbocycles. The van der Waals surface area contributed by atoms with Crippen molar-refractivity contribution in [1.29, 1.82) is 0 Å². The van der Waals surface area contributed by atoms with E-state index in [1.54, 1.807) is 0 Å². The van der Waals surface area contributed by atoms with Gasteiger partial charge in [0.15, 0.2) is 11.5 Å². The first-order valence-corrected chi connectivity index (χ1v) is 11.7. The maximum atomic E-state index is 11.7. The van der Waals surface area contributed by atoms with Crippen LogP contribution in [-0.4, -0.2) is 16.2 Å². The lowest BCUT2D eigenvalue weighted by Gasteiger charge is -2.19. The van der Waals surface area contributed by atoms with Crippen molar-refractivity contribution in [3.8, 4) is 22.8 Å². The van der Waals surface area contributed by atoms with Crippen LogP contribution in [0.15, 0.2) is 77.3 Å². The van der Waals surface area contributed by atoms with Gasteiger partial charge in [-0.3, -0.25) is 0 Å². The highest BCUT2D eigenvalue weighted by atomic mass is 16.5. The van der Waals surface area contributed by atoms with Crippen LogP contribution in [0.25, 0.3) is 11.3 Å². The lowest BCUT2D eigenvalue weighted by atomic mass is 9.95. The Morgan fingerprint density at radius 1 is 0.914 bits per heavy atom. The van der Waals surface area contributed by atoms with Crippen molar-refractivity contribution in [2.45, 2.75) is 46.3 Å². The summed E-state index contributed by atoms with van der Waals surface area (Å²) in [4.78, 5) is 11.7. The normalized spacial score (nSPS) is 11.0. The molecule has 0 spiro atoms. The van der Waals surface area contributed by atoms with Gasteiger partial charge < -0.3 is 19.1 Å². The van der Waals surface area contributed by atoms with Crippen molar-refractivity contribution < 1.29 is 23.9 Å². The number of hydrogen-bond acceptors (Lipinski definition) is 5. The van der Waals surface area contributed by atoms with Gasteiger partial charge in [-0.1, -0.05) is 86.6 Å². The minimum Gasteiger partial charge on any atom is -0.488 e. The summed E-state index contributed by atoms with van der Waals surface area (Å²) in [5.41, 5.74) is 4.17. The average molecular weight is 472 g/mol. The van der Waals surface area contributed by atoms with Gasteiger partial charge in [0.05, 0.1) is 5.56 Å². The monoisotopic (exact) mass is 471 g/mol. The van der Waals surface area contributed by atoms with E-state index < -0.39 is 5.97 Å². The number of rotatable bonds is 10. The molecule has 0 atom stereocenters. The molecule has 0 unspecified atom stereocenters. The van der Waals surface area contributed by atoms with E-state index in [0.717, 1.165) is 16.7 Å². The molecule has 0 aliphatic carbocycles. The summed E-state index contributed by atoms with van der Waals surface area (Å²) in [5.74, 6) is 0.699. The Hall–Kier alpha value is -4.06. The molecular formula is C29H29NO5. The first kappa shape index (κ1) is 24.1. The van der Waals surface area contributed by atoms with Gasteiger partial charge in [-0.15, -0.1) is 0 Å². The van der Waals surface area contributed by atoms with Crippen molar-refractivity contribution >= 4 is 5.97 Å². The zero-order chi connectivity index (χ0) is 24.8. The smallest absolute Gasteiger partial charge is 0.358 e. The standard InChI is InChI=1S/C29H29NO5/c1-4-22-27(29(31)32)30-35-28(22)24-15-23(19(2)3)25(33-17-20-11-7-5-8-12-20)16-26(24)34-18-21-13-9-6-10-14-21/h5-16,19H,4,17-18H2,1-3H3,(H,31,32). The summed E-state index contributed by atoms with van der Waals surface area (Å²) in [7, 11) is 0. The summed E-state index contributed by atoms with van der Waals surface area (Å²) < 4.78 is 18.1. The second kappa shape index (κ2) is 10.9. The van der Waals surface area contributed by atoms with E-state index in [1.807, 2.05) is 79.7 Å². The lowest BCUT2D eigenvalue weighted by molar-refractivity contribution is 0.0685. The van der Waals surface area contributed by atoms with Crippen molar-refractivity contribution in [3.05, 3.63) is 101 Å². The van der Waals surface area contributed by atoms with E-state index in [9.17, 15) is 9.90 Å². The predicted molar refractivity (Wildman–Crippen MR) is 134 cm³/mol. The van der Waals surface area contributed by atoms with Gasteiger partial charge in [0.2, 0.25) is 0 Å². The van der Waals surface area contributed by atoms with Crippen LogP contribution in [0, 0.1) is 0 Å². The second-order valence-electron chi connectivity index (χ2n) is 8.59. The van der Waals surface area contributed by atoms with Crippen LogP contribution in [0.2, 0.25) is 0 Å². The Morgan fingerprint density at radius 3 is 2.00 bits per heavy atom. The minimum absolute atomic E-state index is 0.0768. The molecule has 0 bridgehead atoms. The Labute approximate surface area is 205 Å². The molecule has 0 radical (unpaired) electrons. The average Bonchev–Trinajstić information content (AvgIpc) is 3.31. The van der Waals surface area contributed by atoms with E-state index in [1.165, 1.54) is 0 Å². The third-order valence-electron chi connectivity index (χ3n) is 5.80.